The molecule has 126 valence electrons. The molecule has 7 heteroatoms. The quantitative estimate of drug-likeness (QED) is 0.836. The second-order valence-electron chi connectivity index (χ2n) is 7.37. The summed E-state index contributed by atoms with van der Waals surface area (Å²) in [6.07, 6.45) is 3.45. The van der Waals surface area contributed by atoms with Crippen LogP contribution in [-0.2, 0) is 13.1 Å². The van der Waals surface area contributed by atoms with Crippen molar-refractivity contribution in [2.45, 2.75) is 32.4 Å². The van der Waals surface area contributed by atoms with E-state index in [1.54, 1.807) is 0 Å². The van der Waals surface area contributed by atoms with E-state index in [4.69, 9.17) is 11.6 Å². The summed E-state index contributed by atoms with van der Waals surface area (Å²) in [7, 11) is 2.08. The first-order chi connectivity index (χ1) is 11.1. The molecule has 1 N–H and O–H groups in total. The number of carbonyl (C=O) groups excluding carboxylic acids is 1. The van der Waals surface area contributed by atoms with E-state index in [0.29, 0.717) is 10.7 Å². The van der Waals surface area contributed by atoms with E-state index < -0.39 is 0 Å². The van der Waals surface area contributed by atoms with Gasteiger partial charge < -0.3 is 15.1 Å². The van der Waals surface area contributed by atoms with Gasteiger partial charge in [-0.15, -0.1) is 0 Å². The Morgan fingerprint density at radius 2 is 2.13 bits per heavy atom. The highest BCUT2D eigenvalue weighted by Gasteiger charge is 2.46. The first-order valence-electron chi connectivity index (χ1n) is 8.52. The first-order valence-corrected chi connectivity index (χ1v) is 8.90. The molecule has 0 unspecified atom stereocenters. The van der Waals surface area contributed by atoms with Gasteiger partial charge in [0.15, 0.2) is 5.69 Å². The summed E-state index contributed by atoms with van der Waals surface area (Å²) < 4.78 is 1.93. The highest BCUT2D eigenvalue weighted by Crippen LogP contribution is 2.38. The number of nitrogens with zero attached hydrogens (tertiary/aromatic N) is 4. The predicted octanol–water partition coefficient (Wildman–Crippen LogP) is 1.20. The fraction of sp³-hybridized carbons (Fsp3) is 0.750. The van der Waals surface area contributed by atoms with E-state index in [2.05, 4.69) is 22.4 Å². The van der Waals surface area contributed by atoms with Gasteiger partial charge in [0.1, 0.15) is 0 Å². The second-order valence-corrected chi connectivity index (χ2v) is 7.74. The van der Waals surface area contributed by atoms with Crippen molar-refractivity contribution in [2.24, 2.45) is 5.41 Å². The minimum Gasteiger partial charge on any atom is -0.336 e. The monoisotopic (exact) mass is 337 g/mol. The molecule has 1 aromatic heterocycles. The molecule has 1 spiro atoms. The number of hydrogen-bond acceptors (Lipinski definition) is 4. The summed E-state index contributed by atoms with van der Waals surface area (Å²) in [4.78, 5) is 16.9. The lowest BCUT2D eigenvalue weighted by Crippen LogP contribution is -2.63. The molecule has 0 saturated carbocycles. The lowest BCUT2D eigenvalue weighted by molar-refractivity contribution is -0.00766. The van der Waals surface area contributed by atoms with Crippen molar-refractivity contribution in [3.8, 4) is 0 Å². The van der Waals surface area contributed by atoms with Crippen LogP contribution in [0.4, 0.5) is 0 Å². The molecule has 4 rings (SSSR count). The Bertz CT molecular complexity index is 614. The van der Waals surface area contributed by atoms with E-state index in [-0.39, 0.29) is 11.3 Å². The molecule has 2 saturated heterocycles. The van der Waals surface area contributed by atoms with E-state index >= 15 is 0 Å². The molecule has 23 heavy (non-hydrogen) atoms. The van der Waals surface area contributed by atoms with E-state index in [1.807, 2.05) is 9.58 Å². The second kappa shape index (κ2) is 5.76. The number of amides is 1. The van der Waals surface area contributed by atoms with Crippen molar-refractivity contribution in [2.75, 3.05) is 39.8 Å². The molecule has 0 bridgehead atoms. The molecule has 0 atom stereocenters. The molecule has 6 nitrogen and oxygen atoms in total. The Morgan fingerprint density at radius 1 is 1.30 bits per heavy atom. The van der Waals surface area contributed by atoms with Gasteiger partial charge in [-0.05, 0) is 32.9 Å². The highest BCUT2D eigenvalue weighted by molar-refractivity contribution is 6.34. The maximum Gasteiger partial charge on any atom is 0.275 e. The van der Waals surface area contributed by atoms with Gasteiger partial charge >= 0.3 is 0 Å². The van der Waals surface area contributed by atoms with Crippen LogP contribution in [0.15, 0.2) is 0 Å². The van der Waals surface area contributed by atoms with Gasteiger partial charge in [-0.3, -0.25) is 9.48 Å². The van der Waals surface area contributed by atoms with Crippen LogP contribution in [0.5, 0.6) is 0 Å². The fourth-order valence-corrected chi connectivity index (χ4v) is 4.41. The van der Waals surface area contributed by atoms with Crippen LogP contribution in [0.2, 0.25) is 5.02 Å². The summed E-state index contributed by atoms with van der Waals surface area (Å²) >= 11 is 6.51. The smallest absolute Gasteiger partial charge is 0.275 e. The maximum absolute atomic E-state index is 12.8. The standard InChI is InChI=1S/C16H24ClN5O/c1-20-6-3-7-22-12(8-20)13(17)14(19-22)15(23)21-10-16(11-21)4-2-5-18-9-16/h18H,2-11H2,1H3. The number of aryl methyl sites for hydroxylation is 1. The molecule has 0 radical (unpaired) electrons. The summed E-state index contributed by atoms with van der Waals surface area (Å²) in [5.41, 5.74) is 1.71. The molecule has 3 aliphatic rings. The van der Waals surface area contributed by atoms with E-state index in [1.165, 1.54) is 12.8 Å². The average Bonchev–Trinajstić information content (AvgIpc) is 2.70. The predicted molar refractivity (Wildman–Crippen MR) is 88.6 cm³/mol. The van der Waals surface area contributed by atoms with Gasteiger partial charge in [0.2, 0.25) is 0 Å². The van der Waals surface area contributed by atoms with Crippen molar-refractivity contribution < 1.29 is 4.79 Å². The van der Waals surface area contributed by atoms with Crippen LogP contribution < -0.4 is 5.32 Å². The third kappa shape index (κ3) is 2.66. The maximum atomic E-state index is 12.8. The zero-order valence-electron chi connectivity index (χ0n) is 13.6. The van der Waals surface area contributed by atoms with Crippen molar-refractivity contribution in [3.63, 3.8) is 0 Å². The van der Waals surface area contributed by atoms with Crippen LogP contribution >= 0.6 is 11.6 Å². The van der Waals surface area contributed by atoms with Crippen molar-refractivity contribution >= 4 is 17.5 Å². The molecular formula is C16H24ClN5O. The topological polar surface area (TPSA) is 53.4 Å². The van der Waals surface area contributed by atoms with Crippen LogP contribution in [0.3, 0.4) is 0 Å². The van der Waals surface area contributed by atoms with Gasteiger partial charge in [0.05, 0.1) is 10.7 Å². The number of hydrogen-bond donors (Lipinski definition) is 1. The largest absolute Gasteiger partial charge is 0.336 e. The average molecular weight is 338 g/mol. The molecule has 1 aromatic rings. The minimum absolute atomic E-state index is 0.00516. The number of fused-ring (bicyclic) bond motifs is 1. The molecule has 0 aliphatic carbocycles. The van der Waals surface area contributed by atoms with Crippen molar-refractivity contribution in [1.29, 1.82) is 0 Å². The van der Waals surface area contributed by atoms with Gasteiger partial charge in [-0.1, -0.05) is 11.6 Å². The summed E-state index contributed by atoms with van der Waals surface area (Å²) in [5.74, 6) is -0.00516. The Kier molecular flexibility index (Phi) is 3.86. The third-order valence-electron chi connectivity index (χ3n) is 5.43. The number of rotatable bonds is 1. The Balaban J connectivity index is 1.51. The summed E-state index contributed by atoms with van der Waals surface area (Å²) in [6.45, 7) is 6.41. The zero-order valence-corrected chi connectivity index (χ0v) is 14.4. The molecule has 4 heterocycles. The summed E-state index contributed by atoms with van der Waals surface area (Å²) in [5, 5.41) is 8.53. The molecule has 0 aromatic carbocycles. The first kappa shape index (κ1) is 15.4. The molecule has 1 amide bonds. The van der Waals surface area contributed by atoms with Crippen LogP contribution in [0, 0.1) is 5.41 Å². The van der Waals surface area contributed by atoms with E-state index in [9.17, 15) is 4.79 Å². The SMILES string of the molecule is CN1CCCn2nc(C(=O)N3CC4(CCCNC4)C3)c(Cl)c2C1. The molecule has 3 aliphatic heterocycles. The minimum atomic E-state index is -0.00516. The number of aromatic nitrogens is 2. The van der Waals surface area contributed by atoms with Crippen LogP contribution in [0.25, 0.3) is 0 Å². The number of nitrogens with one attached hydrogen (secondary N) is 1. The number of likely N-dealkylation sites (tertiary alicyclic amines) is 1. The Labute approximate surface area is 141 Å². The number of halogens is 1. The van der Waals surface area contributed by atoms with E-state index in [0.717, 1.165) is 57.9 Å². The molecular weight excluding hydrogens is 314 g/mol. The Hall–Kier alpha value is -1.11. The highest BCUT2D eigenvalue weighted by atomic mass is 35.5. The van der Waals surface area contributed by atoms with Gasteiger partial charge in [-0.2, -0.15) is 5.10 Å². The fourth-order valence-electron chi connectivity index (χ4n) is 4.13. The van der Waals surface area contributed by atoms with Gasteiger partial charge in [0.25, 0.3) is 5.91 Å². The van der Waals surface area contributed by atoms with Crippen molar-refractivity contribution in [1.82, 2.24) is 24.9 Å². The third-order valence-corrected chi connectivity index (χ3v) is 5.82. The lowest BCUT2D eigenvalue weighted by Gasteiger charge is -2.52. The number of carbonyl (C=O) groups is 1. The summed E-state index contributed by atoms with van der Waals surface area (Å²) in [6, 6.07) is 0. The van der Waals surface area contributed by atoms with Crippen LogP contribution in [-0.4, -0.2) is 65.3 Å². The van der Waals surface area contributed by atoms with Gasteiger partial charge in [-0.25, -0.2) is 0 Å². The normalized spacial score (nSPS) is 24.2. The Morgan fingerprint density at radius 3 is 2.87 bits per heavy atom. The van der Waals surface area contributed by atoms with Crippen molar-refractivity contribution in [3.05, 3.63) is 16.4 Å². The molecule has 2 fully saturated rings. The lowest BCUT2D eigenvalue weighted by atomic mass is 9.74. The van der Waals surface area contributed by atoms with Gasteiger partial charge in [0, 0.05) is 44.7 Å². The van der Waals surface area contributed by atoms with Crippen LogP contribution in [0.1, 0.15) is 35.4 Å². The zero-order chi connectivity index (χ0) is 16.0. The number of piperidine rings is 1.